The quantitative estimate of drug-likeness (QED) is 0.844. The average Bonchev–Trinajstić information content (AvgIpc) is 3.25. The first-order valence-electron chi connectivity index (χ1n) is 8.67. The van der Waals surface area contributed by atoms with Crippen LogP contribution in [-0.2, 0) is 9.59 Å². The Morgan fingerprint density at radius 3 is 2.42 bits per heavy atom. The van der Waals surface area contributed by atoms with Crippen LogP contribution in [0.5, 0.6) is 0 Å². The molecule has 2 aliphatic rings. The number of amides is 2. The van der Waals surface area contributed by atoms with E-state index in [0.717, 1.165) is 12.8 Å². The van der Waals surface area contributed by atoms with Gasteiger partial charge in [-0.2, -0.15) is 0 Å². The van der Waals surface area contributed by atoms with E-state index in [-0.39, 0.29) is 24.3 Å². The van der Waals surface area contributed by atoms with Crippen LogP contribution in [0.1, 0.15) is 42.5 Å². The molecule has 0 bridgehead atoms. The Morgan fingerprint density at radius 1 is 1.04 bits per heavy atom. The summed E-state index contributed by atoms with van der Waals surface area (Å²) in [5.74, 6) is -1.32. The molecule has 0 aromatic heterocycles. The van der Waals surface area contributed by atoms with E-state index in [2.05, 4.69) is 0 Å². The maximum absolute atomic E-state index is 13.0. The van der Waals surface area contributed by atoms with Crippen molar-refractivity contribution in [2.45, 2.75) is 44.2 Å². The molecule has 2 heterocycles. The molecule has 1 N–H and O–H groups in total. The number of hydrogen-bond donors (Lipinski definition) is 1. The van der Waals surface area contributed by atoms with Crippen molar-refractivity contribution in [3.8, 4) is 0 Å². The van der Waals surface area contributed by atoms with Gasteiger partial charge in [-0.3, -0.25) is 14.4 Å². The van der Waals surface area contributed by atoms with Crippen molar-refractivity contribution in [2.24, 2.45) is 0 Å². The fraction of sp³-hybridized carbons (Fsp3) is 0.500. The SMILES string of the molecule is O=C(O)CC1CCCN1C(=O)C1CCCN1C(=O)c1ccc(Cl)c(Cl)c1. The van der Waals surface area contributed by atoms with Crippen LogP contribution in [0.25, 0.3) is 0 Å². The molecule has 2 amide bonds. The van der Waals surface area contributed by atoms with Gasteiger partial charge in [-0.1, -0.05) is 23.2 Å². The first-order valence-corrected chi connectivity index (χ1v) is 9.42. The lowest BCUT2D eigenvalue weighted by Gasteiger charge is -2.31. The second kappa shape index (κ2) is 7.84. The van der Waals surface area contributed by atoms with Crippen molar-refractivity contribution in [3.63, 3.8) is 0 Å². The van der Waals surface area contributed by atoms with E-state index >= 15 is 0 Å². The predicted molar refractivity (Wildman–Crippen MR) is 97.5 cm³/mol. The number of carbonyl (C=O) groups excluding carboxylic acids is 2. The molecule has 0 saturated carbocycles. The minimum Gasteiger partial charge on any atom is -0.481 e. The standard InChI is InChI=1S/C18H20Cl2N2O4/c19-13-6-5-11(9-14(13)20)17(25)22-8-2-4-15(22)18(26)21-7-1-3-12(21)10-16(23)24/h5-6,9,12,15H,1-4,7-8,10H2,(H,23,24). The number of carbonyl (C=O) groups is 3. The van der Waals surface area contributed by atoms with E-state index in [1.807, 2.05) is 0 Å². The second-order valence-corrected chi connectivity index (χ2v) is 7.53. The highest BCUT2D eigenvalue weighted by molar-refractivity contribution is 6.42. The molecule has 0 spiro atoms. The third-order valence-corrected chi connectivity index (χ3v) is 5.77. The molecule has 6 nitrogen and oxygen atoms in total. The van der Waals surface area contributed by atoms with Crippen molar-refractivity contribution in [3.05, 3.63) is 33.8 Å². The maximum atomic E-state index is 13.0. The summed E-state index contributed by atoms with van der Waals surface area (Å²) < 4.78 is 0. The number of aliphatic carboxylic acids is 1. The largest absolute Gasteiger partial charge is 0.481 e. The van der Waals surface area contributed by atoms with Gasteiger partial charge < -0.3 is 14.9 Å². The fourth-order valence-corrected chi connectivity index (χ4v) is 4.09. The fourth-order valence-electron chi connectivity index (χ4n) is 3.79. The molecule has 0 radical (unpaired) electrons. The summed E-state index contributed by atoms with van der Waals surface area (Å²) in [6, 6.07) is 3.83. The summed E-state index contributed by atoms with van der Waals surface area (Å²) in [4.78, 5) is 40.1. The van der Waals surface area contributed by atoms with Gasteiger partial charge in [-0.25, -0.2) is 0 Å². The maximum Gasteiger partial charge on any atom is 0.305 e. The Labute approximate surface area is 161 Å². The molecule has 3 rings (SSSR count). The summed E-state index contributed by atoms with van der Waals surface area (Å²) in [5.41, 5.74) is 0.391. The van der Waals surface area contributed by atoms with E-state index in [4.69, 9.17) is 28.3 Å². The molecule has 2 unspecified atom stereocenters. The van der Waals surface area contributed by atoms with Crippen LogP contribution in [0.4, 0.5) is 0 Å². The van der Waals surface area contributed by atoms with Crippen LogP contribution < -0.4 is 0 Å². The van der Waals surface area contributed by atoms with Gasteiger partial charge in [0.1, 0.15) is 6.04 Å². The summed E-state index contributed by atoms with van der Waals surface area (Å²) in [6.45, 7) is 1.04. The highest BCUT2D eigenvalue weighted by Crippen LogP contribution is 2.29. The molecular weight excluding hydrogens is 379 g/mol. The lowest BCUT2D eigenvalue weighted by atomic mass is 10.1. The zero-order valence-corrected chi connectivity index (χ0v) is 15.7. The van der Waals surface area contributed by atoms with Gasteiger partial charge in [0.25, 0.3) is 5.91 Å². The number of benzene rings is 1. The van der Waals surface area contributed by atoms with Crippen LogP contribution >= 0.6 is 23.2 Å². The lowest BCUT2D eigenvalue weighted by molar-refractivity contribution is -0.141. The van der Waals surface area contributed by atoms with Gasteiger partial charge in [-0.05, 0) is 43.9 Å². The van der Waals surface area contributed by atoms with Crippen LogP contribution in [0, 0.1) is 0 Å². The highest BCUT2D eigenvalue weighted by Gasteiger charge is 2.40. The zero-order valence-electron chi connectivity index (χ0n) is 14.2. The minimum atomic E-state index is -0.912. The van der Waals surface area contributed by atoms with Crippen molar-refractivity contribution < 1.29 is 19.5 Å². The number of halogens is 2. The summed E-state index contributed by atoms with van der Waals surface area (Å²) in [7, 11) is 0. The monoisotopic (exact) mass is 398 g/mol. The number of carboxylic acids is 1. The van der Waals surface area contributed by atoms with Crippen molar-refractivity contribution in [1.29, 1.82) is 0 Å². The van der Waals surface area contributed by atoms with Crippen molar-refractivity contribution >= 4 is 41.0 Å². The Morgan fingerprint density at radius 2 is 1.73 bits per heavy atom. The topological polar surface area (TPSA) is 77.9 Å². The number of carboxylic acid groups (broad SMARTS) is 1. The molecule has 2 saturated heterocycles. The molecule has 1 aromatic carbocycles. The normalized spacial score (nSPS) is 22.7. The second-order valence-electron chi connectivity index (χ2n) is 6.71. The Balaban J connectivity index is 1.76. The smallest absolute Gasteiger partial charge is 0.305 e. The molecule has 8 heteroatoms. The Kier molecular flexibility index (Phi) is 5.73. The van der Waals surface area contributed by atoms with Crippen LogP contribution in [0.2, 0.25) is 10.0 Å². The summed E-state index contributed by atoms with van der Waals surface area (Å²) in [6.07, 6.45) is 2.74. The predicted octanol–water partition coefficient (Wildman–Crippen LogP) is 3.06. The Bertz CT molecular complexity index is 740. The molecule has 26 heavy (non-hydrogen) atoms. The van der Waals surface area contributed by atoms with Gasteiger partial charge in [0.05, 0.1) is 16.5 Å². The van der Waals surface area contributed by atoms with Gasteiger partial charge in [0.15, 0.2) is 0 Å². The van der Waals surface area contributed by atoms with Gasteiger partial charge in [0, 0.05) is 24.7 Å². The molecule has 1 aromatic rings. The van der Waals surface area contributed by atoms with E-state index < -0.39 is 12.0 Å². The molecule has 140 valence electrons. The first kappa shape index (κ1) is 19.0. The number of hydrogen-bond acceptors (Lipinski definition) is 3. The molecule has 0 aliphatic carbocycles. The minimum absolute atomic E-state index is 0.0564. The highest BCUT2D eigenvalue weighted by atomic mass is 35.5. The van der Waals surface area contributed by atoms with Crippen molar-refractivity contribution in [2.75, 3.05) is 13.1 Å². The van der Waals surface area contributed by atoms with Gasteiger partial charge >= 0.3 is 5.97 Å². The number of rotatable bonds is 4. The number of likely N-dealkylation sites (tertiary alicyclic amines) is 2. The first-order chi connectivity index (χ1) is 12.4. The van der Waals surface area contributed by atoms with E-state index in [1.165, 1.54) is 6.07 Å². The van der Waals surface area contributed by atoms with Crippen LogP contribution in [-0.4, -0.2) is 57.9 Å². The summed E-state index contributed by atoms with van der Waals surface area (Å²) in [5, 5.41) is 9.71. The average molecular weight is 399 g/mol. The molecule has 2 fully saturated rings. The van der Waals surface area contributed by atoms with E-state index in [9.17, 15) is 14.4 Å². The van der Waals surface area contributed by atoms with Crippen LogP contribution in [0.15, 0.2) is 18.2 Å². The molecular formula is C18H20Cl2N2O4. The molecule has 2 aliphatic heterocycles. The van der Waals surface area contributed by atoms with Gasteiger partial charge in [-0.15, -0.1) is 0 Å². The lowest BCUT2D eigenvalue weighted by Crippen LogP contribution is -2.49. The summed E-state index contributed by atoms with van der Waals surface area (Å²) >= 11 is 11.9. The van der Waals surface area contributed by atoms with Gasteiger partial charge in [0.2, 0.25) is 5.91 Å². The van der Waals surface area contributed by atoms with E-state index in [1.54, 1.807) is 21.9 Å². The third-order valence-electron chi connectivity index (χ3n) is 5.04. The third kappa shape index (κ3) is 3.81. The van der Waals surface area contributed by atoms with E-state index in [0.29, 0.717) is 41.5 Å². The molecule has 2 atom stereocenters. The zero-order chi connectivity index (χ0) is 18.8. The van der Waals surface area contributed by atoms with Crippen LogP contribution in [0.3, 0.4) is 0 Å². The van der Waals surface area contributed by atoms with Crippen molar-refractivity contribution in [1.82, 2.24) is 9.80 Å². The number of nitrogens with zero attached hydrogens (tertiary/aromatic N) is 2. The Hall–Kier alpha value is -1.79.